The Bertz CT molecular complexity index is 609. The van der Waals surface area contributed by atoms with Crippen molar-refractivity contribution in [2.45, 2.75) is 45.8 Å². The first-order chi connectivity index (χ1) is 10.7. The number of hydrogen-bond donors (Lipinski definition) is 1. The summed E-state index contributed by atoms with van der Waals surface area (Å²) in [5, 5.41) is 3.38. The minimum atomic E-state index is -0.845. The van der Waals surface area contributed by atoms with Gasteiger partial charge in [0.25, 0.3) is 5.91 Å². The Morgan fingerprint density at radius 3 is 2.74 bits per heavy atom. The van der Waals surface area contributed by atoms with Crippen LogP contribution in [0.3, 0.4) is 0 Å². The number of carbonyl (C=O) groups is 2. The summed E-state index contributed by atoms with van der Waals surface area (Å²) in [6, 6.07) is 5.32. The van der Waals surface area contributed by atoms with Gasteiger partial charge in [-0.25, -0.2) is 0 Å². The number of amides is 1. The van der Waals surface area contributed by atoms with Crippen LogP contribution in [0.2, 0.25) is 5.02 Å². The van der Waals surface area contributed by atoms with Crippen LogP contribution in [0.25, 0.3) is 0 Å². The van der Waals surface area contributed by atoms with E-state index >= 15 is 0 Å². The molecule has 0 saturated carbocycles. The summed E-state index contributed by atoms with van der Waals surface area (Å²) in [6.45, 7) is 7.41. The summed E-state index contributed by atoms with van der Waals surface area (Å²) < 4.78 is 10.9. The predicted molar refractivity (Wildman–Crippen MR) is 87.6 cm³/mol. The number of carbonyl (C=O) groups excluding carboxylic acids is 2. The highest BCUT2D eigenvalue weighted by Crippen LogP contribution is 2.30. The fourth-order valence-electron chi connectivity index (χ4n) is 2.31. The number of nitrogens with one attached hydrogen (secondary N) is 1. The van der Waals surface area contributed by atoms with E-state index in [0.29, 0.717) is 11.4 Å². The Morgan fingerprint density at radius 2 is 2.09 bits per heavy atom. The van der Waals surface area contributed by atoms with E-state index < -0.39 is 18.0 Å². The van der Waals surface area contributed by atoms with E-state index in [4.69, 9.17) is 21.1 Å². The van der Waals surface area contributed by atoms with Crippen LogP contribution in [0.1, 0.15) is 33.3 Å². The van der Waals surface area contributed by atoms with Gasteiger partial charge in [0.05, 0.1) is 5.92 Å². The molecule has 0 radical (unpaired) electrons. The molecule has 1 N–H and O–H groups in total. The lowest BCUT2D eigenvalue weighted by molar-refractivity contribution is -0.160. The van der Waals surface area contributed by atoms with Gasteiger partial charge in [-0.1, -0.05) is 11.6 Å². The van der Waals surface area contributed by atoms with Gasteiger partial charge in [-0.15, -0.1) is 0 Å². The second-order valence-corrected chi connectivity index (χ2v) is 7.22. The van der Waals surface area contributed by atoms with Crippen molar-refractivity contribution >= 4 is 23.5 Å². The lowest BCUT2D eigenvalue weighted by atomic mass is 9.97. The predicted octanol–water partition coefficient (Wildman–Crippen LogP) is 2.74. The Balaban J connectivity index is 1.95. The Kier molecular flexibility index (Phi) is 5.19. The molecular formula is C17H22ClNO4. The fraction of sp³-hybridized carbons (Fsp3) is 0.529. The number of benzene rings is 1. The zero-order chi connectivity index (χ0) is 17.2. The minimum Gasteiger partial charge on any atom is -0.492 e. The summed E-state index contributed by atoms with van der Waals surface area (Å²) in [5.41, 5.74) is 0.499. The van der Waals surface area contributed by atoms with Gasteiger partial charge in [-0.2, -0.15) is 0 Å². The third-order valence-electron chi connectivity index (χ3n) is 3.42. The third-order valence-corrected chi connectivity index (χ3v) is 3.66. The second-order valence-electron chi connectivity index (χ2n) is 6.78. The number of rotatable bonds is 3. The lowest BCUT2D eigenvalue weighted by Crippen LogP contribution is -2.47. The maximum atomic E-state index is 12.3. The van der Waals surface area contributed by atoms with Gasteiger partial charge in [-0.05, 0) is 57.9 Å². The van der Waals surface area contributed by atoms with Gasteiger partial charge < -0.3 is 14.8 Å². The van der Waals surface area contributed by atoms with E-state index in [2.05, 4.69) is 5.32 Å². The number of fused-ring (bicyclic) bond motifs is 1. The number of halogens is 1. The van der Waals surface area contributed by atoms with Crippen LogP contribution < -0.4 is 10.1 Å². The van der Waals surface area contributed by atoms with Crippen molar-refractivity contribution in [1.82, 2.24) is 5.32 Å². The van der Waals surface area contributed by atoms with Crippen LogP contribution in [0, 0.1) is 5.92 Å². The maximum Gasteiger partial charge on any atom is 0.313 e. The highest BCUT2D eigenvalue weighted by Gasteiger charge is 2.30. The molecule has 23 heavy (non-hydrogen) atoms. The van der Waals surface area contributed by atoms with E-state index in [1.807, 2.05) is 20.8 Å². The molecule has 0 aliphatic carbocycles. The van der Waals surface area contributed by atoms with Crippen molar-refractivity contribution < 1.29 is 19.1 Å². The number of hydrogen-bond acceptors (Lipinski definition) is 4. The fourth-order valence-corrected chi connectivity index (χ4v) is 2.50. The Morgan fingerprint density at radius 1 is 1.39 bits per heavy atom. The van der Waals surface area contributed by atoms with Crippen molar-refractivity contribution in [1.29, 1.82) is 0 Å². The first-order valence-corrected chi connectivity index (χ1v) is 7.97. The molecular weight excluding hydrogens is 318 g/mol. The Labute approximate surface area is 141 Å². The standard InChI is InChI=1S/C17H22ClNO4/c1-10(15(20)19-17(2,3)4)23-16(21)12-7-11-8-13(18)5-6-14(11)22-9-12/h5-6,8,10,12H,7,9H2,1-4H3,(H,19,20)/t10-,12+/m1/s1. The zero-order valence-corrected chi connectivity index (χ0v) is 14.6. The lowest BCUT2D eigenvalue weighted by Gasteiger charge is -2.26. The average molecular weight is 340 g/mol. The van der Waals surface area contributed by atoms with Crippen LogP contribution in [0.5, 0.6) is 5.75 Å². The molecule has 1 aromatic rings. The second kappa shape index (κ2) is 6.79. The quantitative estimate of drug-likeness (QED) is 0.860. The van der Waals surface area contributed by atoms with Crippen LogP contribution in [-0.4, -0.2) is 30.1 Å². The molecule has 2 rings (SSSR count). The molecule has 1 amide bonds. The smallest absolute Gasteiger partial charge is 0.313 e. The van der Waals surface area contributed by atoms with Crippen molar-refractivity contribution in [3.05, 3.63) is 28.8 Å². The van der Waals surface area contributed by atoms with Crippen molar-refractivity contribution in [3.8, 4) is 5.75 Å². The zero-order valence-electron chi connectivity index (χ0n) is 13.8. The Hall–Kier alpha value is -1.75. The molecule has 0 saturated heterocycles. The SMILES string of the molecule is C[C@@H](OC(=O)[C@@H]1COc2ccc(Cl)cc2C1)C(=O)NC(C)(C)C. The average Bonchev–Trinajstić information content (AvgIpc) is 2.44. The van der Waals surface area contributed by atoms with Crippen LogP contribution in [0.4, 0.5) is 0 Å². The van der Waals surface area contributed by atoms with Crippen LogP contribution in [0.15, 0.2) is 18.2 Å². The molecule has 1 aromatic carbocycles. The molecule has 0 fully saturated rings. The largest absolute Gasteiger partial charge is 0.492 e. The van der Waals surface area contributed by atoms with Gasteiger partial charge in [-0.3, -0.25) is 9.59 Å². The van der Waals surface area contributed by atoms with Crippen LogP contribution >= 0.6 is 11.6 Å². The van der Waals surface area contributed by atoms with Crippen LogP contribution in [-0.2, 0) is 20.7 Å². The van der Waals surface area contributed by atoms with Crippen molar-refractivity contribution in [2.24, 2.45) is 5.92 Å². The van der Waals surface area contributed by atoms with Gasteiger partial charge >= 0.3 is 5.97 Å². The highest BCUT2D eigenvalue weighted by molar-refractivity contribution is 6.30. The monoisotopic (exact) mass is 339 g/mol. The van der Waals surface area contributed by atoms with E-state index in [1.165, 1.54) is 0 Å². The summed E-state index contributed by atoms with van der Waals surface area (Å²) >= 11 is 5.97. The maximum absolute atomic E-state index is 12.3. The first-order valence-electron chi connectivity index (χ1n) is 7.59. The van der Waals surface area contributed by atoms with E-state index in [1.54, 1.807) is 25.1 Å². The van der Waals surface area contributed by atoms with E-state index in [0.717, 1.165) is 11.3 Å². The summed E-state index contributed by atoms with van der Waals surface area (Å²) in [6.07, 6.45) is -0.356. The highest BCUT2D eigenvalue weighted by atomic mass is 35.5. The normalized spacial score (nSPS) is 18.4. The minimum absolute atomic E-state index is 0.237. The molecule has 1 aliphatic heterocycles. The van der Waals surface area contributed by atoms with E-state index in [-0.39, 0.29) is 18.1 Å². The van der Waals surface area contributed by atoms with Crippen molar-refractivity contribution in [2.75, 3.05) is 6.61 Å². The molecule has 2 atom stereocenters. The molecule has 6 heteroatoms. The molecule has 0 unspecified atom stereocenters. The molecule has 0 bridgehead atoms. The van der Waals surface area contributed by atoms with Crippen molar-refractivity contribution in [3.63, 3.8) is 0 Å². The number of ether oxygens (including phenoxy) is 2. The summed E-state index contributed by atoms with van der Waals surface area (Å²) in [7, 11) is 0. The van der Waals surface area contributed by atoms with Gasteiger partial charge in [0.15, 0.2) is 6.10 Å². The third kappa shape index (κ3) is 4.86. The first kappa shape index (κ1) is 17.6. The van der Waals surface area contributed by atoms with Gasteiger partial charge in [0.2, 0.25) is 0 Å². The molecule has 5 nitrogen and oxygen atoms in total. The molecule has 0 spiro atoms. The van der Waals surface area contributed by atoms with Gasteiger partial charge in [0.1, 0.15) is 12.4 Å². The van der Waals surface area contributed by atoms with Gasteiger partial charge in [0, 0.05) is 10.6 Å². The summed E-state index contributed by atoms with van der Waals surface area (Å²) in [5.74, 6) is -0.457. The number of esters is 1. The van der Waals surface area contributed by atoms with E-state index in [9.17, 15) is 9.59 Å². The molecule has 1 aliphatic rings. The topological polar surface area (TPSA) is 64.6 Å². The molecule has 126 valence electrons. The molecule has 0 aromatic heterocycles. The summed E-state index contributed by atoms with van der Waals surface area (Å²) in [4.78, 5) is 24.2. The molecule has 1 heterocycles.